The summed E-state index contributed by atoms with van der Waals surface area (Å²) in [6, 6.07) is 11.2. The van der Waals surface area contributed by atoms with Crippen LogP contribution in [0.5, 0.6) is 0 Å². The average molecular weight is 383 g/mol. The van der Waals surface area contributed by atoms with Crippen molar-refractivity contribution >= 4 is 5.57 Å². The number of allylic oxidation sites excluding steroid dienone is 1. The molecule has 0 aromatic heterocycles. The summed E-state index contributed by atoms with van der Waals surface area (Å²) in [5, 5.41) is 0. The largest absolute Gasteiger partial charge is 0.324 e. The Morgan fingerprint density at radius 3 is 1.79 bits per heavy atom. The fourth-order valence-corrected chi connectivity index (χ4v) is 5.39. The van der Waals surface area contributed by atoms with E-state index in [2.05, 4.69) is 20.2 Å². The van der Waals surface area contributed by atoms with Gasteiger partial charge in [-0.25, -0.2) is 8.78 Å². The van der Waals surface area contributed by atoms with Gasteiger partial charge < -0.3 is 4.48 Å². The average Bonchev–Trinajstić information content (AvgIpc) is 2.82. The summed E-state index contributed by atoms with van der Waals surface area (Å²) in [5.74, 6) is -0.0480. The van der Waals surface area contributed by atoms with E-state index in [1.54, 1.807) is 12.1 Å². The summed E-state index contributed by atoms with van der Waals surface area (Å²) in [4.78, 5) is 0. The minimum Gasteiger partial charge on any atom is -0.324 e. The quantitative estimate of drug-likeness (QED) is 0.569. The van der Waals surface area contributed by atoms with Crippen LogP contribution in [0.2, 0.25) is 0 Å². The lowest BCUT2D eigenvalue weighted by atomic mass is 9.83. The van der Waals surface area contributed by atoms with E-state index in [1.807, 2.05) is 26.0 Å². The molecule has 28 heavy (non-hydrogen) atoms. The number of halogens is 2. The minimum absolute atomic E-state index is 0.248. The third-order valence-electron chi connectivity index (χ3n) is 7.25. The second-order valence-corrected chi connectivity index (χ2v) is 9.24. The van der Waals surface area contributed by atoms with E-state index in [0.29, 0.717) is 18.0 Å². The van der Waals surface area contributed by atoms with Crippen molar-refractivity contribution in [2.75, 3.05) is 14.1 Å². The molecule has 0 saturated carbocycles. The highest BCUT2D eigenvalue weighted by atomic mass is 19.1. The van der Waals surface area contributed by atoms with Gasteiger partial charge in [0.25, 0.3) is 0 Å². The van der Waals surface area contributed by atoms with E-state index in [0.717, 1.165) is 45.2 Å². The van der Waals surface area contributed by atoms with Gasteiger partial charge in [-0.1, -0.05) is 18.2 Å². The number of nitrogens with zero attached hydrogens (tertiary/aromatic N) is 1. The van der Waals surface area contributed by atoms with Crippen molar-refractivity contribution in [2.24, 2.45) is 5.92 Å². The number of piperidine rings is 1. The molecular formula is C25H30F2N+. The van der Waals surface area contributed by atoms with Crippen LogP contribution < -0.4 is 0 Å². The van der Waals surface area contributed by atoms with Crippen LogP contribution in [0.25, 0.3) is 5.57 Å². The molecular weight excluding hydrogens is 352 g/mol. The monoisotopic (exact) mass is 382 g/mol. The molecule has 0 spiro atoms. The summed E-state index contributed by atoms with van der Waals surface area (Å²) < 4.78 is 29.3. The number of hydrogen-bond donors (Lipinski definition) is 0. The van der Waals surface area contributed by atoms with Gasteiger partial charge in [0.05, 0.1) is 26.2 Å². The summed E-state index contributed by atoms with van der Waals surface area (Å²) in [5.41, 5.74) is 4.77. The molecule has 2 aliphatic heterocycles. The molecule has 4 rings (SSSR count). The van der Waals surface area contributed by atoms with Gasteiger partial charge in [-0.05, 0) is 71.9 Å². The summed E-state index contributed by atoms with van der Waals surface area (Å²) in [6.45, 7) is 4.00. The molecule has 0 N–H and O–H groups in total. The van der Waals surface area contributed by atoms with E-state index in [-0.39, 0.29) is 11.6 Å². The molecule has 3 heteroatoms. The Hall–Kier alpha value is -2.00. The molecule has 2 aromatic rings. The molecule has 2 atom stereocenters. The Bertz CT molecular complexity index is 859. The van der Waals surface area contributed by atoms with Crippen LogP contribution in [0.1, 0.15) is 47.9 Å². The van der Waals surface area contributed by atoms with E-state index < -0.39 is 0 Å². The second-order valence-electron chi connectivity index (χ2n) is 9.24. The van der Waals surface area contributed by atoms with E-state index in [4.69, 9.17) is 0 Å². The summed E-state index contributed by atoms with van der Waals surface area (Å²) >= 11 is 0. The SMILES string of the molecule is Cc1ccc(F)cc1C(=CC1C[C@@H]2CC[C@@H](C1)[N+]2(C)C)c1cc(F)ccc1C. The van der Waals surface area contributed by atoms with Gasteiger partial charge in [-0.15, -0.1) is 0 Å². The molecule has 0 unspecified atom stereocenters. The molecule has 0 amide bonds. The Balaban J connectivity index is 1.81. The van der Waals surface area contributed by atoms with Crippen LogP contribution in [-0.4, -0.2) is 30.7 Å². The second kappa shape index (κ2) is 7.11. The number of quaternary nitrogens is 1. The highest BCUT2D eigenvalue weighted by Gasteiger charge is 2.48. The van der Waals surface area contributed by atoms with Crippen LogP contribution in [0.15, 0.2) is 42.5 Å². The zero-order valence-electron chi connectivity index (χ0n) is 17.3. The number of hydrogen-bond acceptors (Lipinski definition) is 0. The Kier molecular flexibility index (Phi) is 4.91. The van der Waals surface area contributed by atoms with E-state index >= 15 is 0 Å². The molecule has 2 heterocycles. The van der Waals surface area contributed by atoms with Crippen molar-refractivity contribution < 1.29 is 13.3 Å². The first-order valence-electron chi connectivity index (χ1n) is 10.3. The standard InChI is InChI=1S/C25H30F2N/c1-16-5-7-19(26)14-23(16)25(24-15-20(27)8-6-17(24)2)13-18-11-21-9-10-22(12-18)28(21,3)4/h5-8,13-15,18,21-22H,9-12H2,1-4H3/q+1/t21-,22-/m0/s1. The molecule has 1 nitrogen and oxygen atoms in total. The summed E-state index contributed by atoms with van der Waals surface area (Å²) in [7, 11) is 4.72. The lowest BCUT2D eigenvalue weighted by molar-refractivity contribution is -0.931. The zero-order chi connectivity index (χ0) is 20.1. The van der Waals surface area contributed by atoms with Crippen molar-refractivity contribution in [1.82, 2.24) is 0 Å². The maximum Gasteiger partial charge on any atom is 0.123 e. The Morgan fingerprint density at radius 1 is 0.857 bits per heavy atom. The fraction of sp³-hybridized carbons (Fsp3) is 0.440. The minimum atomic E-state index is -0.248. The van der Waals surface area contributed by atoms with Crippen LogP contribution in [0.4, 0.5) is 8.78 Å². The van der Waals surface area contributed by atoms with Gasteiger partial charge in [0.1, 0.15) is 11.6 Å². The van der Waals surface area contributed by atoms with Crippen LogP contribution in [0, 0.1) is 31.4 Å². The first-order valence-corrected chi connectivity index (χ1v) is 10.3. The smallest absolute Gasteiger partial charge is 0.123 e. The fourth-order valence-electron chi connectivity index (χ4n) is 5.39. The third kappa shape index (κ3) is 3.41. The van der Waals surface area contributed by atoms with Crippen LogP contribution in [0.3, 0.4) is 0 Å². The maximum atomic E-state index is 14.1. The van der Waals surface area contributed by atoms with Gasteiger partial charge in [0, 0.05) is 25.7 Å². The van der Waals surface area contributed by atoms with E-state index in [9.17, 15) is 8.78 Å². The summed E-state index contributed by atoms with van der Waals surface area (Å²) in [6.07, 6.45) is 7.18. The Labute approximate surface area is 167 Å². The molecule has 2 aliphatic rings. The van der Waals surface area contributed by atoms with Crippen molar-refractivity contribution in [3.8, 4) is 0 Å². The maximum absolute atomic E-state index is 14.1. The third-order valence-corrected chi connectivity index (χ3v) is 7.25. The van der Waals surface area contributed by atoms with Crippen LogP contribution >= 0.6 is 0 Å². The molecule has 2 aromatic carbocycles. The van der Waals surface area contributed by atoms with Gasteiger partial charge in [-0.2, -0.15) is 0 Å². The topological polar surface area (TPSA) is 0 Å². The number of benzene rings is 2. The lowest BCUT2D eigenvalue weighted by Crippen LogP contribution is -2.54. The van der Waals surface area contributed by atoms with Gasteiger partial charge >= 0.3 is 0 Å². The number of aryl methyl sites for hydroxylation is 2. The Morgan fingerprint density at radius 2 is 1.32 bits per heavy atom. The zero-order valence-corrected chi connectivity index (χ0v) is 17.3. The number of fused-ring (bicyclic) bond motifs is 2. The molecule has 2 saturated heterocycles. The molecule has 0 radical (unpaired) electrons. The first kappa shape index (κ1) is 19.3. The normalized spacial score (nSPS) is 25.6. The van der Waals surface area contributed by atoms with Gasteiger partial charge in [-0.3, -0.25) is 0 Å². The highest BCUT2D eigenvalue weighted by molar-refractivity contribution is 5.83. The predicted octanol–water partition coefficient (Wildman–Crippen LogP) is 6.03. The molecule has 2 bridgehead atoms. The number of rotatable bonds is 3. The molecule has 2 fully saturated rings. The molecule has 0 aliphatic carbocycles. The lowest BCUT2D eigenvalue weighted by Gasteiger charge is -2.44. The van der Waals surface area contributed by atoms with Gasteiger partial charge in [0.2, 0.25) is 0 Å². The first-order chi connectivity index (χ1) is 13.3. The van der Waals surface area contributed by atoms with Crippen molar-refractivity contribution in [3.63, 3.8) is 0 Å². The predicted molar refractivity (Wildman–Crippen MR) is 111 cm³/mol. The highest BCUT2D eigenvalue weighted by Crippen LogP contribution is 2.44. The van der Waals surface area contributed by atoms with Gasteiger partial charge in [0.15, 0.2) is 0 Å². The van der Waals surface area contributed by atoms with Crippen LogP contribution in [-0.2, 0) is 0 Å². The molecule has 148 valence electrons. The van der Waals surface area contributed by atoms with Crippen molar-refractivity contribution in [3.05, 3.63) is 76.4 Å². The van der Waals surface area contributed by atoms with Crippen molar-refractivity contribution in [2.45, 2.75) is 51.6 Å². The van der Waals surface area contributed by atoms with E-state index in [1.165, 1.54) is 25.0 Å². The van der Waals surface area contributed by atoms with Crippen molar-refractivity contribution in [1.29, 1.82) is 0 Å².